The van der Waals surface area contributed by atoms with Crippen molar-refractivity contribution in [3.63, 3.8) is 0 Å². The third-order valence-electron chi connectivity index (χ3n) is 2.31. The first-order chi connectivity index (χ1) is 7.52. The molecule has 16 heavy (non-hydrogen) atoms. The Bertz CT molecular complexity index is 462. The Morgan fingerprint density at radius 3 is 2.62 bits per heavy atom. The zero-order valence-electron chi connectivity index (χ0n) is 8.89. The second-order valence-corrected chi connectivity index (χ2v) is 3.21. The SMILES string of the molecule is COc1ccc(C#N)c(C(O)C(=O)O)c1C. The molecule has 0 saturated heterocycles. The van der Waals surface area contributed by atoms with Crippen LogP contribution in [0.25, 0.3) is 0 Å². The number of methoxy groups -OCH3 is 1. The summed E-state index contributed by atoms with van der Waals surface area (Å²) >= 11 is 0. The van der Waals surface area contributed by atoms with Crippen LogP contribution in [0.4, 0.5) is 0 Å². The van der Waals surface area contributed by atoms with Crippen molar-refractivity contribution >= 4 is 5.97 Å². The van der Waals surface area contributed by atoms with Gasteiger partial charge in [-0.05, 0) is 24.6 Å². The average molecular weight is 221 g/mol. The Balaban J connectivity index is 3.44. The van der Waals surface area contributed by atoms with Crippen LogP contribution in [-0.2, 0) is 4.79 Å². The van der Waals surface area contributed by atoms with Crippen LogP contribution in [0.1, 0.15) is 22.8 Å². The van der Waals surface area contributed by atoms with Gasteiger partial charge in [0.25, 0.3) is 0 Å². The van der Waals surface area contributed by atoms with E-state index in [9.17, 15) is 9.90 Å². The zero-order chi connectivity index (χ0) is 12.3. The van der Waals surface area contributed by atoms with Gasteiger partial charge in [0.1, 0.15) is 5.75 Å². The molecule has 84 valence electrons. The van der Waals surface area contributed by atoms with Gasteiger partial charge in [-0.1, -0.05) is 0 Å². The van der Waals surface area contributed by atoms with Crippen molar-refractivity contribution in [3.05, 3.63) is 28.8 Å². The maximum absolute atomic E-state index is 10.7. The van der Waals surface area contributed by atoms with Gasteiger partial charge in [-0.3, -0.25) is 0 Å². The van der Waals surface area contributed by atoms with E-state index < -0.39 is 12.1 Å². The molecule has 0 fully saturated rings. The quantitative estimate of drug-likeness (QED) is 0.794. The number of ether oxygens (including phenoxy) is 1. The normalized spacial score (nSPS) is 11.6. The fourth-order valence-electron chi connectivity index (χ4n) is 1.50. The first kappa shape index (κ1) is 12.0. The maximum Gasteiger partial charge on any atom is 0.337 e. The highest BCUT2D eigenvalue weighted by atomic mass is 16.5. The maximum atomic E-state index is 10.7. The summed E-state index contributed by atoms with van der Waals surface area (Å²) in [5.41, 5.74) is 0.666. The highest BCUT2D eigenvalue weighted by Gasteiger charge is 2.23. The van der Waals surface area contributed by atoms with Crippen LogP contribution in [0, 0.1) is 18.3 Å². The summed E-state index contributed by atoms with van der Waals surface area (Å²) in [7, 11) is 1.44. The summed E-state index contributed by atoms with van der Waals surface area (Å²) < 4.78 is 5.00. The lowest BCUT2D eigenvalue weighted by atomic mass is 9.97. The monoisotopic (exact) mass is 221 g/mol. The third-order valence-corrected chi connectivity index (χ3v) is 2.31. The van der Waals surface area contributed by atoms with Gasteiger partial charge in [-0.25, -0.2) is 4.79 Å². The lowest BCUT2D eigenvalue weighted by Crippen LogP contribution is -2.14. The van der Waals surface area contributed by atoms with E-state index in [-0.39, 0.29) is 11.1 Å². The fourth-order valence-corrected chi connectivity index (χ4v) is 1.50. The van der Waals surface area contributed by atoms with E-state index in [2.05, 4.69) is 0 Å². The lowest BCUT2D eigenvalue weighted by Gasteiger charge is -2.14. The van der Waals surface area contributed by atoms with Crippen molar-refractivity contribution in [1.29, 1.82) is 5.26 Å². The standard InChI is InChI=1S/C11H11NO4/c1-6-8(16-2)4-3-7(5-12)9(6)10(13)11(14)15/h3-4,10,13H,1-2H3,(H,14,15). The van der Waals surface area contributed by atoms with E-state index in [0.29, 0.717) is 11.3 Å². The number of carboxylic acid groups (broad SMARTS) is 1. The van der Waals surface area contributed by atoms with E-state index in [4.69, 9.17) is 15.1 Å². The molecule has 0 spiro atoms. The number of aliphatic hydroxyl groups is 1. The van der Waals surface area contributed by atoms with Gasteiger partial charge in [0.05, 0.1) is 18.7 Å². The Hall–Kier alpha value is -2.06. The Morgan fingerprint density at radius 2 is 2.19 bits per heavy atom. The Kier molecular flexibility index (Phi) is 3.48. The van der Waals surface area contributed by atoms with Crippen molar-refractivity contribution in [3.8, 4) is 11.8 Å². The van der Waals surface area contributed by atoms with Crippen LogP contribution in [0.5, 0.6) is 5.75 Å². The molecule has 1 atom stereocenters. The fraction of sp³-hybridized carbons (Fsp3) is 0.273. The van der Waals surface area contributed by atoms with Crippen molar-refractivity contribution in [1.82, 2.24) is 0 Å². The molecule has 1 unspecified atom stereocenters. The molecular formula is C11H11NO4. The van der Waals surface area contributed by atoms with Crippen LogP contribution < -0.4 is 4.74 Å². The largest absolute Gasteiger partial charge is 0.496 e. The molecule has 1 aromatic carbocycles. The van der Waals surface area contributed by atoms with Gasteiger partial charge >= 0.3 is 5.97 Å². The number of hydrogen-bond acceptors (Lipinski definition) is 4. The predicted octanol–water partition coefficient (Wildman–Crippen LogP) is 0.993. The molecule has 0 amide bonds. The molecule has 0 radical (unpaired) electrons. The number of benzene rings is 1. The van der Waals surface area contributed by atoms with Gasteiger partial charge in [-0.2, -0.15) is 5.26 Å². The number of aliphatic carboxylic acids is 1. The summed E-state index contributed by atoms with van der Waals surface area (Å²) in [6.07, 6.45) is -1.72. The molecule has 5 nitrogen and oxygen atoms in total. The second kappa shape index (κ2) is 4.64. The minimum absolute atomic E-state index is 0.0781. The minimum Gasteiger partial charge on any atom is -0.496 e. The molecule has 0 aliphatic carbocycles. The van der Waals surface area contributed by atoms with Crippen LogP contribution in [0.2, 0.25) is 0 Å². The number of nitrogens with zero attached hydrogens (tertiary/aromatic N) is 1. The molecule has 0 aliphatic heterocycles. The first-order valence-corrected chi connectivity index (χ1v) is 4.51. The molecule has 0 heterocycles. The first-order valence-electron chi connectivity index (χ1n) is 4.51. The number of rotatable bonds is 3. The Morgan fingerprint density at radius 1 is 1.56 bits per heavy atom. The van der Waals surface area contributed by atoms with Crippen LogP contribution in [0.3, 0.4) is 0 Å². The molecule has 5 heteroatoms. The smallest absolute Gasteiger partial charge is 0.337 e. The van der Waals surface area contributed by atoms with Crippen LogP contribution >= 0.6 is 0 Å². The summed E-state index contributed by atoms with van der Waals surface area (Å²) in [5.74, 6) is -0.956. The van der Waals surface area contributed by atoms with Crippen LogP contribution in [0.15, 0.2) is 12.1 Å². The van der Waals surface area contributed by atoms with Gasteiger partial charge in [0.15, 0.2) is 6.10 Å². The molecule has 0 aromatic heterocycles. The average Bonchev–Trinajstić information content (AvgIpc) is 2.27. The zero-order valence-corrected chi connectivity index (χ0v) is 8.89. The summed E-state index contributed by atoms with van der Waals surface area (Å²) in [6, 6.07) is 4.83. The molecule has 2 N–H and O–H groups in total. The van der Waals surface area contributed by atoms with E-state index >= 15 is 0 Å². The summed E-state index contributed by atoms with van der Waals surface area (Å²) in [5, 5.41) is 27.1. The van der Waals surface area contributed by atoms with Gasteiger partial charge in [0, 0.05) is 5.56 Å². The number of hydrogen-bond donors (Lipinski definition) is 2. The lowest BCUT2D eigenvalue weighted by molar-refractivity contribution is -0.147. The molecular weight excluding hydrogens is 210 g/mol. The molecule has 0 aliphatic rings. The van der Waals surface area contributed by atoms with E-state index in [1.807, 2.05) is 6.07 Å². The van der Waals surface area contributed by atoms with Gasteiger partial charge in [-0.15, -0.1) is 0 Å². The minimum atomic E-state index is -1.72. The van der Waals surface area contributed by atoms with Gasteiger partial charge < -0.3 is 14.9 Å². The predicted molar refractivity (Wildman–Crippen MR) is 55.0 cm³/mol. The number of nitriles is 1. The topological polar surface area (TPSA) is 90.5 Å². The summed E-state index contributed by atoms with van der Waals surface area (Å²) in [6.45, 7) is 1.60. The van der Waals surface area contributed by atoms with Crippen molar-refractivity contribution in [2.75, 3.05) is 7.11 Å². The third kappa shape index (κ3) is 1.97. The molecule has 1 rings (SSSR count). The van der Waals surface area contributed by atoms with E-state index in [0.717, 1.165) is 0 Å². The highest BCUT2D eigenvalue weighted by molar-refractivity contribution is 5.76. The van der Waals surface area contributed by atoms with E-state index in [1.54, 1.807) is 13.0 Å². The highest BCUT2D eigenvalue weighted by Crippen LogP contribution is 2.29. The van der Waals surface area contributed by atoms with Crippen molar-refractivity contribution in [2.24, 2.45) is 0 Å². The Labute approximate surface area is 92.5 Å². The van der Waals surface area contributed by atoms with E-state index in [1.165, 1.54) is 13.2 Å². The van der Waals surface area contributed by atoms with Crippen LogP contribution in [-0.4, -0.2) is 23.3 Å². The summed E-state index contributed by atoms with van der Waals surface area (Å²) in [4.78, 5) is 10.7. The van der Waals surface area contributed by atoms with Crippen molar-refractivity contribution in [2.45, 2.75) is 13.0 Å². The second-order valence-electron chi connectivity index (χ2n) is 3.21. The molecule has 1 aromatic rings. The number of carboxylic acids is 1. The number of carbonyl (C=O) groups is 1. The van der Waals surface area contributed by atoms with Gasteiger partial charge in [0.2, 0.25) is 0 Å². The number of aliphatic hydroxyl groups excluding tert-OH is 1. The molecule has 0 saturated carbocycles. The molecule has 0 bridgehead atoms. The van der Waals surface area contributed by atoms with Crippen molar-refractivity contribution < 1.29 is 19.7 Å².